The molecule has 1 atom stereocenters. The number of benzene rings is 1. The van der Waals surface area contributed by atoms with Crippen LogP contribution in [-0.2, 0) is 6.42 Å². The van der Waals surface area contributed by atoms with Crippen molar-refractivity contribution < 1.29 is 4.79 Å². The predicted octanol–water partition coefficient (Wildman–Crippen LogP) is 3.82. The molecular weight excluding hydrogens is 236 g/mol. The van der Waals surface area contributed by atoms with Gasteiger partial charge in [-0.25, -0.2) is 4.98 Å². The van der Waals surface area contributed by atoms with Gasteiger partial charge in [0, 0.05) is 12.8 Å². The highest BCUT2D eigenvalue weighted by Gasteiger charge is 2.27. The lowest BCUT2D eigenvalue weighted by Crippen LogP contribution is -2.26. The molecule has 3 rings (SSSR count). The molecule has 19 heavy (non-hydrogen) atoms. The van der Waals surface area contributed by atoms with Gasteiger partial charge in [-0.05, 0) is 24.5 Å². The van der Waals surface area contributed by atoms with E-state index in [1.807, 2.05) is 28.8 Å². The minimum absolute atomic E-state index is 0.219. The second-order valence-corrected chi connectivity index (χ2v) is 5.52. The number of aromatic nitrogens is 2. The van der Waals surface area contributed by atoms with Crippen molar-refractivity contribution in [1.29, 1.82) is 0 Å². The van der Waals surface area contributed by atoms with Crippen LogP contribution in [-0.4, -0.2) is 15.5 Å². The summed E-state index contributed by atoms with van der Waals surface area (Å²) in [5, 5.41) is 0. The van der Waals surface area contributed by atoms with Crippen molar-refractivity contribution in [2.45, 2.75) is 45.4 Å². The van der Waals surface area contributed by atoms with Crippen LogP contribution in [0, 0.1) is 5.92 Å². The maximum atomic E-state index is 12.3. The second-order valence-electron chi connectivity index (χ2n) is 5.52. The van der Waals surface area contributed by atoms with E-state index in [2.05, 4.69) is 11.9 Å². The Kier molecular flexibility index (Phi) is 3.36. The highest BCUT2D eigenvalue weighted by molar-refractivity contribution is 5.92. The van der Waals surface area contributed by atoms with Crippen LogP contribution in [0.2, 0.25) is 0 Å². The number of rotatable bonds is 4. The number of para-hydroxylation sites is 2. The molecule has 0 aliphatic carbocycles. The molecule has 0 saturated heterocycles. The zero-order valence-electron chi connectivity index (χ0n) is 11.4. The third-order valence-corrected chi connectivity index (χ3v) is 4.03. The fraction of sp³-hybridized carbons (Fsp3) is 0.500. The van der Waals surface area contributed by atoms with Crippen LogP contribution >= 0.6 is 0 Å². The van der Waals surface area contributed by atoms with E-state index in [1.165, 1.54) is 19.3 Å². The van der Waals surface area contributed by atoms with E-state index in [1.54, 1.807) is 0 Å². The van der Waals surface area contributed by atoms with Gasteiger partial charge in [0.1, 0.15) is 5.82 Å². The number of imidazole rings is 1. The van der Waals surface area contributed by atoms with Crippen LogP contribution in [0.25, 0.3) is 11.0 Å². The van der Waals surface area contributed by atoms with Crippen molar-refractivity contribution in [3.8, 4) is 0 Å². The van der Waals surface area contributed by atoms with Gasteiger partial charge in [0.05, 0.1) is 11.0 Å². The maximum Gasteiger partial charge on any atom is 0.232 e. The molecule has 3 heteroatoms. The van der Waals surface area contributed by atoms with Crippen LogP contribution in [0.1, 0.15) is 49.6 Å². The van der Waals surface area contributed by atoms with Crippen LogP contribution in [0.4, 0.5) is 0 Å². The quantitative estimate of drug-likeness (QED) is 0.779. The van der Waals surface area contributed by atoms with E-state index in [-0.39, 0.29) is 5.91 Å². The van der Waals surface area contributed by atoms with Gasteiger partial charge >= 0.3 is 0 Å². The van der Waals surface area contributed by atoms with E-state index in [0.717, 1.165) is 29.7 Å². The molecule has 0 radical (unpaired) electrons. The number of carbonyl (C=O) groups excluding carboxylic acids is 1. The zero-order chi connectivity index (χ0) is 13.2. The maximum absolute atomic E-state index is 12.3. The summed E-state index contributed by atoms with van der Waals surface area (Å²) in [6.07, 6.45) is 6.51. The van der Waals surface area contributed by atoms with E-state index in [9.17, 15) is 4.79 Å². The molecule has 0 fully saturated rings. The second kappa shape index (κ2) is 5.16. The monoisotopic (exact) mass is 256 g/mol. The SMILES string of the molecule is CCCCCC1CC(=O)n2c(nc3ccccc32)C1. The lowest BCUT2D eigenvalue weighted by atomic mass is 9.91. The number of unbranched alkanes of at least 4 members (excludes halogenated alkanes) is 2. The molecule has 2 aromatic rings. The number of fused-ring (bicyclic) bond motifs is 3. The van der Waals surface area contributed by atoms with Crippen LogP contribution in [0.15, 0.2) is 24.3 Å². The van der Waals surface area contributed by atoms with Crippen molar-refractivity contribution in [3.05, 3.63) is 30.1 Å². The highest BCUT2D eigenvalue weighted by Crippen LogP contribution is 2.28. The average Bonchev–Trinajstić information content (AvgIpc) is 2.77. The standard InChI is InChI=1S/C16H20N2O/c1-2-3-4-7-12-10-15-17-13-8-5-6-9-14(13)18(15)16(19)11-12/h5-6,8-9,12H,2-4,7,10-11H2,1H3. The molecule has 0 N–H and O–H groups in total. The van der Waals surface area contributed by atoms with E-state index in [4.69, 9.17) is 0 Å². The Morgan fingerprint density at radius 2 is 2.11 bits per heavy atom. The average molecular weight is 256 g/mol. The third-order valence-electron chi connectivity index (χ3n) is 4.03. The Balaban J connectivity index is 1.86. The molecule has 1 aromatic heterocycles. The smallest absolute Gasteiger partial charge is 0.232 e. The topological polar surface area (TPSA) is 34.9 Å². The summed E-state index contributed by atoms with van der Waals surface area (Å²) in [6, 6.07) is 7.92. The number of carbonyl (C=O) groups is 1. The molecule has 3 nitrogen and oxygen atoms in total. The molecule has 0 bridgehead atoms. The predicted molar refractivity (Wildman–Crippen MR) is 76.3 cm³/mol. The summed E-state index contributed by atoms with van der Waals surface area (Å²) >= 11 is 0. The minimum Gasteiger partial charge on any atom is -0.274 e. The van der Waals surface area contributed by atoms with Gasteiger partial charge in [-0.3, -0.25) is 9.36 Å². The van der Waals surface area contributed by atoms with Crippen molar-refractivity contribution >= 4 is 16.9 Å². The molecular formula is C16H20N2O. The molecule has 0 saturated carbocycles. The van der Waals surface area contributed by atoms with Gasteiger partial charge in [0.25, 0.3) is 0 Å². The molecule has 2 heterocycles. The van der Waals surface area contributed by atoms with Gasteiger partial charge in [0.15, 0.2) is 0 Å². The summed E-state index contributed by atoms with van der Waals surface area (Å²) in [7, 11) is 0. The lowest BCUT2D eigenvalue weighted by molar-refractivity contribution is 0.0854. The van der Waals surface area contributed by atoms with Crippen LogP contribution in [0.3, 0.4) is 0 Å². The summed E-state index contributed by atoms with van der Waals surface area (Å²) in [6.45, 7) is 2.21. The summed E-state index contributed by atoms with van der Waals surface area (Å²) < 4.78 is 1.83. The van der Waals surface area contributed by atoms with Gasteiger partial charge in [0.2, 0.25) is 5.91 Å². The van der Waals surface area contributed by atoms with Crippen molar-refractivity contribution in [1.82, 2.24) is 9.55 Å². The van der Waals surface area contributed by atoms with Crippen LogP contribution < -0.4 is 0 Å². The molecule has 1 aromatic carbocycles. The van der Waals surface area contributed by atoms with E-state index < -0.39 is 0 Å². The van der Waals surface area contributed by atoms with Gasteiger partial charge < -0.3 is 0 Å². The first-order chi connectivity index (χ1) is 9.29. The Bertz CT molecular complexity index is 600. The number of hydrogen-bond acceptors (Lipinski definition) is 2. The van der Waals surface area contributed by atoms with Crippen molar-refractivity contribution in [3.63, 3.8) is 0 Å². The Hall–Kier alpha value is -1.64. The van der Waals surface area contributed by atoms with Crippen molar-refractivity contribution in [2.24, 2.45) is 5.92 Å². The van der Waals surface area contributed by atoms with Gasteiger partial charge in [-0.1, -0.05) is 38.3 Å². The van der Waals surface area contributed by atoms with Gasteiger partial charge in [-0.15, -0.1) is 0 Å². The largest absolute Gasteiger partial charge is 0.274 e. The molecule has 1 unspecified atom stereocenters. The van der Waals surface area contributed by atoms with Crippen molar-refractivity contribution in [2.75, 3.05) is 0 Å². The first-order valence-corrected chi connectivity index (χ1v) is 7.29. The molecule has 1 aliphatic rings. The summed E-state index contributed by atoms with van der Waals surface area (Å²) in [4.78, 5) is 17.0. The fourth-order valence-electron chi connectivity index (χ4n) is 3.05. The third kappa shape index (κ3) is 2.29. The highest BCUT2D eigenvalue weighted by atomic mass is 16.2. The molecule has 100 valence electrons. The zero-order valence-corrected chi connectivity index (χ0v) is 11.4. The Morgan fingerprint density at radius 1 is 1.26 bits per heavy atom. The first-order valence-electron chi connectivity index (χ1n) is 7.29. The first kappa shape index (κ1) is 12.4. The molecule has 0 amide bonds. The minimum atomic E-state index is 0.219. The normalized spacial score (nSPS) is 18.8. The lowest BCUT2D eigenvalue weighted by Gasteiger charge is -2.22. The van der Waals surface area contributed by atoms with Gasteiger partial charge in [-0.2, -0.15) is 0 Å². The molecule has 0 spiro atoms. The molecule has 1 aliphatic heterocycles. The number of hydrogen-bond donors (Lipinski definition) is 0. The Labute approximate surface area is 113 Å². The Morgan fingerprint density at radius 3 is 2.95 bits per heavy atom. The van der Waals surface area contributed by atoms with E-state index in [0.29, 0.717) is 12.3 Å². The van der Waals surface area contributed by atoms with Crippen LogP contribution in [0.5, 0.6) is 0 Å². The summed E-state index contributed by atoms with van der Waals surface area (Å²) in [5.41, 5.74) is 1.91. The fourth-order valence-corrected chi connectivity index (χ4v) is 3.05. The summed E-state index contributed by atoms with van der Waals surface area (Å²) in [5.74, 6) is 1.67. The van der Waals surface area contributed by atoms with E-state index >= 15 is 0 Å². The number of nitrogens with zero attached hydrogens (tertiary/aromatic N) is 2.